The summed E-state index contributed by atoms with van der Waals surface area (Å²) in [6.07, 6.45) is 2.11. The Labute approximate surface area is 164 Å². The van der Waals surface area contributed by atoms with Gasteiger partial charge in [-0.2, -0.15) is 5.26 Å². The lowest BCUT2D eigenvalue weighted by atomic mass is 9.64. The average molecular weight is 383 g/mol. The first kappa shape index (κ1) is 19.9. The minimum absolute atomic E-state index is 0.0713. The summed E-state index contributed by atoms with van der Waals surface area (Å²) in [5, 5.41) is 11.9. The molecule has 2 aliphatic rings. The predicted molar refractivity (Wildman–Crippen MR) is 101 cm³/mol. The number of nitriles is 1. The van der Waals surface area contributed by atoms with Crippen LogP contribution in [0.4, 0.5) is 4.79 Å². The smallest absolute Gasteiger partial charge is 0.326 e. The van der Waals surface area contributed by atoms with Crippen molar-refractivity contribution in [1.29, 1.82) is 5.26 Å². The Balaban J connectivity index is 1.66. The molecule has 0 unspecified atom stereocenters. The second kappa shape index (κ2) is 7.27. The summed E-state index contributed by atoms with van der Waals surface area (Å²) in [7, 11) is 0. The minimum Gasteiger partial charge on any atom is -0.459 e. The van der Waals surface area contributed by atoms with Gasteiger partial charge in [0.25, 0.3) is 5.91 Å². The second-order valence-corrected chi connectivity index (χ2v) is 8.69. The Morgan fingerprint density at radius 3 is 2.71 bits per heavy atom. The summed E-state index contributed by atoms with van der Waals surface area (Å²) in [6.45, 7) is 5.74. The second-order valence-electron chi connectivity index (χ2n) is 8.69. The third-order valence-corrected chi connectivity index (χ3v) is 5.44. The lowest BCUT2D eigenvalue weighted by Gasteiger charge is -2.43. The van der Waals surface area contributed by atoms with E-state index in [2.05, 4.69) is 26.1 Å². The number of benzene rings is 1. The fraction of sp³-hybridized carbons (Fsp3) is 0.524. The van der Waals surface area contributed by atoms with Crippen LogP contribution in [0.5, 0.6) is 0 Å². The molecule has 3 rings (SSSR count). The number of nitrogens with zero attached hydrogens (tertiary/aromatic N) is 2. The summed E-state index contributed by atoms with van der Waals surface area (Å²) in [4.78, 5) is 38.7. The SMILES string of the molecule is C[C@H]1CC(C)(C)C[C@]2(C1)NC(=O)N(CC(=O)OCc1ccccc1C#N)C2=O. The van der Waals surface area contributed by atoms with Crippen LogP contribution in [-0.2, 0) is 20.9 Å². The first-order valence-corrected chi connectivity index (χ1v) is 9.43. The molecule has 148 valence electrons. The summed E-state index contributed by atoms with van der Waals surface area (Å²) >= 11 is 0. The molecule has 2 atom stereocenters. The normalized spacial score (nSPS) is 26.1. The third kappa shape index (κ3) is 3.86. The van der Waals surface area contributed by atoms with E-state index >= 15 is 0 Å². The van der Waals surface area contributed by atoms with Crippen LogP contribution in [0.25, 0.3) is 0 Å². The predicted octanol–water partition coefficient (Wildman–Crippen LogP) is 2.74. The van der Waals surface area contributed by atoms with Gasteiger partial charge in [0.05, 0.1) is 11.6 Å². The van der Waals surface area contributed by atoms with Crippen LogP contribution in [-0.4, -0.2) is 34.9 Å². The number of hydrogen-bond donors (Lipinski definition) is 1. The quantitative estimate of drug-likeness (QED) is 0.637. The molecular formula is C21H25N3O4. The standard InChI is InChI=1S/C21H25N3O4/c1-14-8-20(2,3)13-21(9-14)18(26)24(19(27)23-21)11-17(25)28-12-16-7-5-4-6-15(16)10-22/h4-7,14H,8-9,11-13H2,1-3H3,(H,23,27)/t14-,21-/m0/s1. The van der Waals surface area contributed by atoms with Gasteiger partial charge in [-0.05, 0) is 36.7 Å². The Morgan fingerprint density at radius 1 is 1.32 bits per heavy atom. The molecule has 7 heteroatoms. The summed E-state index contributed by atoms with van der Waals surface area (Å²) in [5.74, 6) is -0.745. The maximum atomic E-state index is 13.0. The number of amides is 3. The number of carbonyl (C=O) groups excluding carboxylic acids is 3. The van der Waals surface area contributed by atoms with Crippen LogP contribution in [0, 0.1) is 22.7 Å². The van der Waals surface area contributed by atoms with E-state index in [9.17, 15) is 14.4 Å². The van der Waals surface area contributed by atoms with Crippen molar-refractivity contribution in [1.82, 2.24) is 10.2 Å². The van der Waals surface area contributed by atoms with E-state index in [4.69, 9.17) is 10.00 Å². The molecule has 1 aromatic rings. The first-order valence-electron chi connectivity index (χ1n) is 9.43. The highest BCUT2D eigenvalue weighted by Gasteiger charge is 2.56. The van der Waals surface area contributed by atoms with Crippen molar-refractivity contribution in [2.75, 3.05) is 6.54 Å². The minimum atomic E-state index is -0.939. The average Bonchev–Trinajstić information content (AvgIpc) is 2.81. The van der Waals surface area contributed by atoms with Gasteiger partial charge in [0.2, 0.25) is 0 Å². The van der Waals surface area contributed by atoms with Gasteiger partial charge in [0.1, 0.15) is 18.7 Å². The van der Waals surface area contributed by atoms with Crippen LogP contribution in [0.3, 0.4) is 0 Å². The van der Waals surface area contributed by atoms with Gasteiger partial charge in [0, 0.05) is 5.56 Å². The number of carbonyl (C=O) groups is 3. The number of rotatable bonds is 4. The lowest BCUT2D eigenvalue weighted by molar-refractivity contribution is -0.149. The summed E-state index contributed by atoms with van der Waals surface area (Å²) in [6, 6.07) is 8.29. The molecular weight excluding hydrogens is 358 g/mol. The molecule has 0 bridgehead atoms. The molecule has 1 aromatic carbocycles. The van der Waals surface area contributed by atoms with Crippen LogP contribution in [0.2, 0.25) is 0 Å². The van der Waals surface area contributed by atoms with Crippen LogP contribution >= 0.6 is 0 Å². The molecule has 2 fully saturated rings. The van der Waals surface area contributed by atoms with Crippen LogP contribution < -0.4 is 5.32 Å². The molecule has 1 N–H and O–H groups in total. The number of urea groups is 1. The molecule has 1 saturated heterocycles. The Hall–Kier alpha value is -2.88. The molecule has 1 saturated carbocycles. The Kier molecular flexibility index (Phi) is 5.16. The van der Waals surface area contributed by atoms with Gasteiger partial charge in [-0.1, -0.05) is 39.0 Å². The fourth-order valence-electron chi connectivity index (χ4n) is 4.74. The molecule has 3 amide bonds. The molecule has 1 aliphatic carbocycles. The molecule has 7 nitrogen and oxygen atoms in total. The Morgan fingerprint density at radius 2 is 2.04 bits per heavy atom. The number of esters is 1. The molecule has 1 spiro atoms. The highest BCUT2D eigenvalue weighted by molar-refractivity contribution is 6.08. The van der Waals surface area contributed by atoms with E-state index in [0.29, 0.717) is 29.9 Å². The third-order valence-electron chi connectivity index (χ3n) is 5.44. The van der Waals surface area contributed by atoms with Crippen molar-refractivity contribution in [3.63, 3.8) is 0 Å². The number of imide groups is 1. The van der Waals surface area contributed by atoms with Crippen molar-refractivity contribution in [3.05, 3.63) is 35.4 Å². The molecule has 1 aliphatic heterocycles. The van der Waals surface area contributed by atoms with E-state index in [1.54, 1.807) is 24.3 Å². The van der Waals surface area contributed by atoms with E-state index in [1.807, 2.05) is 6.07 Å². The molecule has 28 heavy (non-hydrogen) atoms. The monoisotopic (exact) mass is 383 g/mol. The van der Waals surface area contributed by atoms with Crippen LogP contribution in [0.1, 0.15) is 51.2 Å². The van der Waals surface area contributed by atoms with Gasteiger partial charge >= 0.3 is 12.0 Å². The van der Waals surface area contributed by atoms with Crippen molar-refractivity contribution >= 4 is 17.9 Å². The van der Waals surface area contributed by atoms with Crippen molar-refractivity contribution in [3.8, 4) is 6.07 Å². The van der Waals surface area contributed by atoms with Gasteiger partial charge in [0.15, 0.2) is 0 Å². The number of ether oxygens (including phenoxy) is 1. The van der Waals surface area contributed by atoms with Crippen molar-refractivity contribution < 1.29 is 19.1 Å². The van der Waals surface area contributed by atoms with Gasteiger partial charge in [-0.15, -0.1) is 0 Å². The summed E-state index contributed by atoms with van der Waals surface area (Å²) in [5.41, 5.74) is -0.0121. The van der Waals surface area contributed by atoms with Gasteiger partial charge in [-0.3, -0.25) is 14.5 Å². The highest BCUT2D eigenvalue weighted by atomic mass is 16.5. The van der Waals surface area contributed by atoms with E-state index in [-0.39, 0.29) is 17.9 Å². The zero-order valence-corrected chi connectivity index (χ0v) is 16.4. The maximum absolute atomic E-state index is 13.0. The van der Waals surface area contributed by atoms with E-state index in [0.717, 1.165) is 11.3 Å². The van der Waals surface area contributed by atoms with E-state index in [1.165, 1.54) is 0 Å². The summed E-state index contributed by atoms with van der Waals surface area (Å²) < 4.78 is 5.20. The lowest BCUT2D eigenvalue weighted by Crippen LogP contribution is -2.54. The van der Waals surface area contributed by atoms with E-state index < -0.39 is 24.1 Å². The maximum Gasteiger partial charge on any atom is 0.326 e. The largest absolute Gasteiger partial charge is 0.459 e. The zero-order valence-electron chi connectivity index (χ0n) is 16.4. The molecule has 1 heterocycles. The Bertz CT molecular complexity index is 857. The van der Waals surface area contributed by atoms with Crippen molar-refractivity contribution in [2.24, 2.45) is 11.3 Å². The number of hydrogen-bond acceptors (Lipinski definition) is 5. The molecule has 0 radical (unpaired) electrons. The van der Waals surface area contributed by atoms with Crippen molar-refractivity contribution in [2.45, 2.75) is 52.2 Å². The zero-order chi connectivity index (χ0) is 20.5. The number of nitrogens with one attached hydrogen (secondary N) is 1. The van der Waals surface area contributed by atoms with Gasteiger partial charge < -0.3 is 10.1 Å². The molecule has 0 aromatic heterocycles. The van der Waals surface area contributed by atoms with Gasteiger partial charge in [-0.25, -0.2) is 4.79 Å². The first-order chi connectivity index (χ1) is 13.2. The topological polar surface area (TPSA) is 99.5 Å². The highest BCUT2D eigenvalue weighted by Crippen LogP contribution is 2.46. The fourth-order valence-corrected chi connectivity index (χ4v) is 4.74. The van der Waals surface area contributed by atoms with Crippen LogP contribution in [0.15, 0.2) is 24.3 Å².